The molecule has 3 nitrogen and oxygen atoms in total. The van der Waals surface area contributed by atoms with Gasteiger partial charge in [0.25, 0.3) is 0 Å². The number of amides is 1. The number of alkyl halides is 1. The van der Waals surface area contributed by atoms with Crippen molar-refractivity contribution in [1.29, 1.82) is 0 Å². The van der Waals surface area contributed by atoms with Crippen LogP contribution in [-0.2, 0) is 9.53 Å². The van der Waals surface area contributed by atoms with Gasteiger partial charge in [-0.15, -0.1) is 0 Å². The molecule has 0 aliphatic heterocycles. The Morgan fingerprint density at radius 1 is 1.30 bits per heavy atom. The number of ether oxygens (including phenoxy) is 1. The summed E-state index contributed by atoms with van der Waals surface area (Å²) in [6.07, 6.45) is 0.979. The summed E-state index contributed by atoms with van der Waals surface area (Å²) < 4.78 is 5.34. The molecular formula is C16H24BrNO2. The van der Waals surface area contributed by atoms with Crippen LogP contribution in [0.3, 0.4) is 0 Å². The molecule has 0 spiro atoms. The Morgan fingerprint density at radius 3 is 2.60 bits per heavy atom. The van der Waals surface area contributed by atoms with Crippen LogP contribution >= 0.6 is 15.9 Å². The lowest BCUT2D eigenvalue weighted by atomic mass is 9.85. The fourth-order valence-electron chi connectivity index (χ4n) is 2.15. The summed E-state index contributed by atoms with van der Waals surface area (Å²) in [6, 6.07) is 9.99. The predicted molar refractivity (Wildman–Crippen MR) is 86.3 cm³/mol. The second-order valence-electron chi connectivity index (χ2n) is 4.87. The lowest BCUT2D eigenvalue weighted by Gasteiger charge is -2.22. The molecule has 1 N–H and O–H groups in total. The van der Waals surface area contributed by atoms with Crippen LogP contribution in [0.4, 0.5) is 0 Å². The van der Waals surface area contributed by atoms with Crippen molar-refractivity contribution in [2.24, 2.45) is 5.92 Å². The minimum atomic E-state index is -0.0858. The standard InChI is InChI=1S/C16H24BrNO2/c1-3-13(2)15(14-7-5-4-6-8-14)16(19)18-10-12-20-11-9-17/h4-8,13,15H,3,9-12H2,1-2H3,(H,18,19). The van der Waals surface area contributed by atoms with Crippen LogP contribution in [0.2, 0.25) is 0 Å². The minimum absolute atomic E-state index is 0.0858. The van der Waals surface area contributed by atoms with Crippen molar-refractivity contribution in [3.8, 4) is 0 Å². The van der Waals surface area contributed by atoms with Crippen LogP contribution in [0.5, 0.6) is 0 Å². The van der Waals surface area contributed by atoms with E-state index in [1.807, 2.05) is 30.3 Å². The maximum absolute atomic E-state index is 12.4. The van der Waals surface area contributed by atoms with Crippen molar-refractivity contribution in [2.75, 3.05) is 25.1 Å². The molecule has 20 heavy (non-hydrogen) atoms. The first-order valence-electron chi connectivity index (χ1n) is 7.17. The second-order valence-corrected chi connectivity index (χ2v) is 5.66. The molecule has 0 radical (unpaired) electrons. The molecular weight excluding hydrogens is 318 g/mol. The van der Waals surface area contributed by atoms with E-state index in [0.717, 1.165) is 17.3 Å². The Hall–Kier alpha value is -0.870. The summed E-state index contributed by atoms with van der Waals surface area (Å²) in [6.45, 7) is 6.03. The van der Waals surface area contributed by atoms with E-state index >= 15 is 0 Å². The van der Waals surface area contributed by atoms with Gasteiger partial charge in [0, 0.05) is 11.9 Å². The molecule has 1 aromatic carbocycles. The molecule has 0 aromatic heterocycles. The number of carbonyl (C=O) groups excluding carboxylic acids is 1. The molecule has 1 rings (SSSR count). The Labute approximate surface area is 130 Å². The molecule has 1 amide bonds. The van der Waals surface area contributed by atoms with Gasteiger partial charge in [0.05, 0.1) is 19.1 Å². The molecule has 0 heterocycles. The predicted octanol–water partition coefficient (Wildman–Crippen LogP) is 3.34. The Kier molecular flexibility index (Phi) is 8.54. The molecule has 1 aromatic rings. The largest absolute Gasteiger partial charge is 0.379 e. The van der Waals surface area contributed by atoms with Gasteiger partial charge >= 0.3 is 0 Å². The first-order chi connectivity index (χ1) is 9.70. The zero-order chi connectivity index (χ0) is 14.8. The van der Waals surface area contributed by atoms with Gasteiger partial charge in [-0.05, 0) is 11.5 Å². The monoisotopic (exact) mass is 341 g/mol. The maximum Gasteiger partial charge on any atom is 0.227 e. The van der Waals surface area contributed by atoms with Gasteiger partial charge in [-0.3, -0.25) is 4.79 Å². The minimum Gasteiger partial charge on any atom is -0.379 e. The van der Waals surface area contributed by atoms with Crippen LogP contribution in [0, 0.1) is 5.92 Å². The van der Waals surface area contributed by atoms with E-state index in [0.29, 0.717) is 25.7 Å². The van der Waals surface area contributed by atoms with E-state index in [1.54, 1.807) is 0 Å². The third-order valence-electron chi connectivity index (χ3n) is 3.42. The zero-order valence-corrected chi connectivity index (χ0v) is 13.9. The SMILES string of the molecule is CCC(C)C(C(=O)NCCOCCBr)c1ccccc1. The highest BCUT2D eigenvalue weighted by Gasteiger charge is 2.25. The molecule has 2 unspecified atom stereocenters. The number of halogens is 1. The molecule has 0 fully saturated rings. The molecule has 0 bridgehead atoms. The van der Waals surface area contributed by atoms with Crippen molar-refractivity contribution in [3.05, 3.63) is 35.9 Å². The smallest absolute Gasteiger partial charge is 0.227 e. The van der Waals surface area contributed by atoms with Crippen LogP contribution in [-0.4, -0.2) is 31.0 Å². The molecule has 4 heteroatoms. The first-order valence-corrected chi connectivity index (χ1v) is 8.29. The van der Waals surface area contributed by atoms with Gasteiger partial charge in [0.15, 0.2) is 0 Å². The molecule has 2 atom stereocenters. The van der Waals surface area contributed by atoms with E-state index in [9.17, 15) is 4.79 Å². The number of carbonyl (C=O) groups is 1. The number of rotatable bonds is 9. The zero-order valence-electron chi connectivity index (χ0n) is 12.3. The van der Waals surface area contributed by atoms with E-state index in [2.05, 4.69) is 35.1 Å². The van der Waals surface area contributed by atoms with Crippen molar-refractivity contribution in [2.45, 2.75) is 26.2 Å². The fraction of sp³-hybridized carbons (Fsp3) is 0.562. The van der Waals surface area contributed by atoms with Crippen molar-refractivity contribution in [3.63, 3.8) is 0 Å². The van der Waals surface area contributed by atoms with Crippen LogP contribution < -0.4 is 5.32 Å². The summed E-state index contributed by atoms with van der Waals surface area (Å²) in [5.41, 5.74) is 1.08. The van der Waals surface area contributed by atoms with Gasteiger partial charge in [0.1, 0.15) is 0 Å². The van der Waals surface area contributed by atoms with Crippen LogP contribution in [0.1, 0.15) is 31.7 Å². The second kappa shape index (κ2) is 9.94. The Balaban J connectivity index is 2.58. The van der Waals surface area contributed by atoms with Crippen LogP contribution in [0.15, 0.2) is 30.3 Å². The highest BCUT2D eigenvalue weighted by molar-refractivity contribution is 9.09. The highest BCUT2D eigenvalue weighted by Crippen LogP contribution is 2.26. The third kappa shape index (κ3) is 5.63. The van der Waals surface area contributed by atoms with Gasteiger partial charge in [-0.25, -0.2) is 0 Å². The molecule has 0 saturated carbocycles. The Bertz CT molecular complexity index is 383. The average molecular weight is 342 g/mol. The number of nitrogens with one attached hydrogen (secondary N) is 1. The van der Waals surface area contributed by atoms with Gasteiger partial charge in [0.2, 0.25) is 5.91 Å². The fourth-order valence-corrected chi connectivity index (χ4v) is 2.38. The summed E-state index contributed by atoms with van der Waals surface area (Å²) in [7, 11) is 0. The van der Waals surface area contributed by atoms with Crippen LogP contribution in [0.25, 0.3) is 0 Å². The van der Waals surface area contributed by atoms with Gasteiger partial charge in [-0.2, -0.15) is 0 Å². The van der Waals surface area contributed by atoms with Gasteiger partial charge in [-0.1, -0.05) is 66.5 Å². The third-order valence-corrected chi connectivity index (χ3v) is 3.75. The Morgan fingerprint density at radius 2 is 2.00 bits per heavy atom. The van der Waals surface area contributed by atoms with E-state index in [1.165, 1.54) is 0 Å². The van der Waals surface area contributed by atoms with Crippen molar-refractivity contribution < 1.29 is 9.53 Å². The van der Waals surface area contributed by atoms with Crippen molar-refractivity contribution in [1.82, 2.24) is 5.32 Å². The summed E-state index contributed by atoms with van der Waals surface area (Å²) in [5, 5.41) is 3.80. The number of hydrogen-bond acceptors (Lipinski definition) is 2. The first kappa shape index (κ1) is 17.2. The number of hydrogen-bond donors (Lipinski definition) is 1. The quantitative estimate of drug-likeness (QED) is 0.552. The molecule has 112 valence electrons. The summed E-state index contributed by atoms with van der Waals surface area (Å²) >= 11 is 3.30. The number of benzene rings is 1. The normalized spacial score (nSPS) is 13.8. The lowest BCUT2D eigenvalue weighted by Crippen LogP contribution is -2.34. The molecule has 0 saturated heterocycles. The van der Waals surface area contributed by atoms with E-state index in [-0.39, 0.29) is 11.8 Å². The van der Waals surface area contributed by atoms with E-state index in [4.69, 9.17) is 4.74 Å². The summed E-state index contributed by atoms with van der Waals surface area (Å²) in [5.74, 6) is 0.325. The van der Waals surface area contributed by atoms with Gasteiger partial charge < -0.3 is 10.1 Å². The van der Waals surface area contributed by atoms with Crippen molar-refractivity contribution >= 4 is 21.8 Å². The maximum atomic E-state index is 12.4. The molecule has 0 aliphatic rings. The molecule has 0 aliphatic carbocycles. The topological polar surface area (TPSA) is 38.3 Å². The highest BCUT2D eigenvalue weighted by atomic mass is 79.9. The lowest BCUT2D eigenvalue weighted by molar-refractivity contribution is -0.123. The summed E-state index contributed by atoms with van der Waals surface area (Å²) in [4.78, 5) is 12.4. The average Bonchev–Trinajstić information content (AvgIpc) is 2.48. The van der Waals surface area contributed by atoms with E-state index < -0.39 is 0 Å².